The topological polar surface area (TPSA) is 61.4 Å². The Bertz CT molecular complexity index is 260. The van der Waals surface area contributed by atoms with E-state index in [4.69, 9.17) is 0 Å². The first-order valence-electron chi connectivity index (χ1n) is 6.52. The van der Waals surface area contributed by atoms with Crippen molar-refractivity contribution in [1.29, 1.82) is 0 Å². The van der Waals surface area contributed by atoms with Crippen molar-refractivity contribution in [2.75, 3.05) is 19.6 Å². The number of carbonyl (C=O) groups excluding carboxylic acids is 1. The van der Waals surface area contributed by atoms with E-state index in [-0.39, 0.29) is 11.8 Å². The largest absolute Gasteiger partial charge is 0.388 e. The predicted octanol–water partition coefficient (Wildman–Crippen LogP) is 0.755. The summed E-state index contributed by atoms with van der Waals surface area (Å²) in [6.07, 6.45) is 0.701. The van der Waals surface area contributed by atoms with E-state index < -0.39 is 5.60 Å². The molecule has 17 heavy (non-hydrogen) atoms. The molecule has 0 saturated carbocycles. The highest BCUT2D eigenvalue weighted by Gasteiger charge is 2.30. The van der Waals surface area contributed by atoms with Crippen LogP contribution in [0.4, 0.5) is 0 Å². The minimum atomic E-state index is -0.804. The number of carbonyl (C=O) groups is 1. The van der Waals surface area contributed by atoms with E-state index in [1.807, 2.05) is 6.92 Å². The van der Waals surface area contributed by atoms with Crippen molar-refractivity contribution in [3.8, 4) is 0 Å². The molecule has 2 unspecified atom stereocenters. The Kier molecular flexibility index (Phi) is 4.95. The molecule has 1 amide bonds. The Labute approximate surface area is 104 Å². The highest BCUT2D eigenvalue weighted by Crippen LogP contribution is 2.18. The van der Waals surface area contributed by atoms with E-state index in [2.05, 4.69) is 24.5 Å². The smallest absolute Gasteiger partial charge is 0.223 e. The molecule has 1 saturated heterocycles. The molecule has 2 atom stereocenters. The minimum Gasteiger partial charge on any atom is -0.388 e. The zero-order chi connectivity index (χ0) is 13.1. The normalized spacial score (nSPS) is 21.8. The molecule has 100 valence electrons. The molecule has 1 aliphatic rings. The lowest BCUT2D eigenvalue weighted by molar-refractivity contribution is -0.128. The first-order valence-corrected chi connectivity index (χ1v) is 6.52. The van der Waals surface area contributed by atoms with Crippen LogP contribution in [0.5, 0.6) is 0 Å². The van der Waals surface area contributed by atoms with Crippen LogP contribution in [0.3, 0.4) is 0 Å². The zero-order valence-electron chi connectivity index (χ0n) is 11.4. The number of rotatable bonds is 6. The van der Waals surface area contributed by atoms with Gasteiger partial charge in [0.25, 0.3) is 0 Å². The van der Waals surface area contributed by atoms with Crippen LogP contribution in [0.1, 0.15) is 34.1 Å². The summed E-state index contributed by atoms with van der Waals surface area (Å²) >= 11 is 0. The highest BCUT2D eigenvalue weighted by atomic mass is 16.3. The fourth-order valence-corrected chi connectivity index (χ4v) is 2.27. The van der Waals surface area contributed by atoms with E-state index in [1.165, 1.54) is 0 Å². The van der Waals surface area contributed by atoms with E-state index in [0.717, 1.165) is 13.1 Å². The second-order valence-corrected chi connectivity index (χ2v) is 6.02. The molecular formula is C13H26N2O2. The van der Waals surface area contributed by atoms with Gasteiger partial charge in [0.1, 0.15) is 0 Å². The summed E-state index contributed by atoms with van der Waals surface area (Å²) in [5, 5.41) is 16.1. The van der Waals surface area contributed by atoms with Gasteiger partial charge in [0.2, 0.25) is 5.91 Å². The van der Waals surface area contributed by atoms with E-state index >= 15 is 0 Å². The van der Waals surface area contributed by atoms with Crippen LogP contribution < -0.4 is 10.6 Å². The van der Waals surface area contributed by atoms with E-state index in [0.29, 0.717) is 24.8 Å². The summed E-state index contributed by atoms with van der Waals surface area (Å²) in [4.78, 5) is 11.9. The first-order chi connectivity index (χ1) is 7.82. The lowest BCUT2D eigenvalue weighted by Gasteiger charge is -2.33. The Balaban J connectivity index is 2.31. The lowest BCUT2D eigenvalue weighted by atomic mass is 9.88. The second kappa shape index (κ2) is 5.83. The van der Waals surface area contributed by atoms with E-state index in [1.54, 1.807) is 6.92 Å². The van der Waals surface area contributed by atoms with Crippen molar-refractivity contribution >= 4 is 5.91 Å². The molecule has 3 N–H and O–H groups in total. The molecule has 0 aliphatic carbocycles. The fourth-order valence-electron chi connectivity index (χ4n) is 2.27. The molecule has 0 radical (unpaired) electrons. The molecule has 0 bridgehead atoms. The van der Waals surface area contributed by atoms with Crippen molar-refractivity contribution in [2.45, 2.75) is 39.7 Å². The number of hydrogen-bond donors (Lipinski definition) is 3. The van der Waals surface area contributed by atoms with Crippen molar-refractivity contribution in [1.82, 2.24) is 10.6 Å². The monoisotopic (exact) mass is 242 g/mol. The van der Waals surface area contributed by atoms with Gasteiger partial charge in [0, 0.05) is 12.5 Å². The first kappa shape index (κ1) is 14.5. The summed E-state index contributed by atoms with van der Waals surface area (Å²) in [6, 6.07) is 0. The molecule has 4 heteroatoms. The van der Waals surface area contributed by atoms with Gasteiger partial charge in [0.15, 0.2) is 0 Å². The zero-order valence-corrected chi connectivity index (χ0v) is 11.4. The number of amides is 1. The molecule has 1 aliphatic heterocycles. The predicted molar refractivity (Wildman–Crippen MR) is 68.6 cm³/mol. The lowest BCUT2D eigenvalue weighted by Crippen LogP contribution is -2.51. The van der Waals surface area contributed by atoms with E-state index in [9.17, 15) is 9.90 Å². The quantitative estimate of drug-likeness (QED) is 0.644. The van der Waals surface area contributed by atoms with Crippen LogP contribution in [0.2, 0.25) is 0 Å². The Morgan fingerprint density at radius 3 is 2.47 bits per heavy atom. The molecule has 4 nitrogen and oxygen atoms in total. The molecule has 0 spiro atoms. The molecular weight excluding hydrogens is 216 g/mol. The summed E-state index contributed by atoms with van der Waals surface area (Å²) in [6.45, 7) is 10.1. The minimum absolute atomic E-state index is 0.0334. The third kappa shape index (κ3) is 4.64. The van der Waals surface area contributed by atoms with Gasteiger partial charge in [0.05, 0.1) is 5.60 Å². The van der Waals surface area contributed by atoms with Crippen molar-refractivity contribution < 1.29 is 9.90 Å². The molecule has 0 aromatic heterocycles. The molecule has 1 rings (SSSR count). The fraction of sp³-hybridized carbons (Fsp3) is 0.923. The third-order valence-electron chi connectivity index (χ3n) is 3.43. The molecule has 0 aromatic rings. The maximum absolute atomic E-state index is 11.9. The van der Waals surface area contributed by atoms with Gasteiger partial charge in [-0.3, -0.25) is 4.79 Å². The summed E-state index contributed by atoms with van der Waals surface area (Å²) in [5.41, 5.74) is -0.804. The maximum atomic E-state index is 11.9. The number of hydrogen-bond acceptors (Lipinski definition) is 3. The average Bonchev–Trinajstić information content (AvgIpc) is 2.09. The highest BCUT2D eigenvalue weighted by molar-refractivity contribution is 5.78. The average molecular weight is 242 g/mol. The van der Waals surface area contributed by atoms with Crippen LogP contribution in [-0.2, 0) is 4.79 Å². The van der Waals surface area contributed by atoms with Crippen molar-refractivity contribution in [3.63, 3.8) is 0 Å². The number of aliphatic hydroxyl groups is 1. The molecule has 1 heterocycles. The molecule has 1 fully saturated rings. The van der Waals surface area contributed by atoms with Crippen LogP contribution >= 0.6 is 0 Å². The van der Waals surface area contributed by atoms with Crippen LogP contribution in [0.25, 0.3) is 0 Å². The number of nitrogens with one attached hydrogen (secondary N) is 2. The Morgan fingerprint density at radius 1 is 1.47 bits per heavy atom. The maximum Gasteiger partial charge on any atom is 0.223 e. The Morgan fingerprint density at radius 2 is 2.06 bits per heavy atom. The summed E-state index contributed by atoms with van der Waals surface area (Å²) in [5.74, 6) is 0.965. The van der Waals surface area contributed by atoms with Crippen LogP contribution in [0, 0.1) is 17.8 Å². The van der Waals surface area contributed by atoms with Crippen molar-refractivity contribution in [3.05, 3.63) is 0 Å². The third-order valence-corrected chi connectivity index (χ3v) is 3.43. The van der Waals surface area contributed by atoms with Gasteiger partial charge < -0.3 is 15.7 Å². The second-order valence-electron chi connectivity index (χ2n) is 6.02. The van der Waals surface area contributed by atoms with Crippen molar-refractivity contribution in [2.24, 2.45) is 17.8 Å². The van der Waals surface area contributed by atoms with Crippen LogP contribution in [0.15, 0.2) is 0 Å². The van der Waals surface area contributed by atoms with Gasteiger partial charge in [-0.1, -0.05) is 20.8 Å². The summed E-state index contributed by atoms with van der Waals surface area (Å²) < 4.78 is 0. The van der Waals surface area contributed by atoms with Gasteiger partial charge in [-0.2, -0.15) is 0 Å². The van der Waals surface area contributed by atoms with Gasteiger partial charge in [-0.25, -0.2) is 0 Å². The standard InChI is InChI=1S/C13H26N2O2/c1-9(2)5-13(4,17)8-15-12(16)10(3)11-6-14-7-11/h9-11,14,17H,5-8H2,1-4H3,(H,15,16). The van der Waals surface area contributed by atoms with Gasteiger partial charge in [-0.05, 0) is 38.3 Å². The van der Waals surface area contributed by atoms with Gasteiger partial charge in [-0.15, -0.1) is 0 Å². The molecule has 0 aromatic carbocycles. The van der Waals surface area contributed by atoms with Gasteiger partial charge >= 0.3 is 0 Å². The Hall–Kier alpha value is -0.610. The SMILES string of the molecule is CC(C)CC(C)(O)CNC(=O)C(C)C1CNC1. The summed E-state index contributed by atoms with van der Waals surface area (Å²) in [7, 11) is 0. The van der Waals surface area contributed by atoms with Crippen LogP contribution in [-0.4, -0.2) is 36.2 Å².